The molecule has 0 saturated carbocycles. The smallest absolute Gasteiger partial charge is 0.408 e. The number of alkyl carbamates (subject to hydrolysis) is 1. The molecule has 8 nitrogen and oxygen atoms in total. The fraction of sp³-hybridized carbons (Fsp3) is 0.667. The number of esters is 1. The third kappa shape index (κ3) is 5.68. The molecular formula is C12H20N4O4. The second-order valence-electron chi connectivity index (χ2n) is 5.14. The van der Waals surface area contributed by atoms with Gasteiger partial charge in [0.25, 0.3) is 0 Å². The van der Waals surface area contributed by atoms with E-state index >= 15 is 0 Å². The van der Waals surface area contributed by atoms with Crippen molar-refractivity contribution in [2.24, 2.45) is 0 Å². The summed E-state index contributed by atoms with van der Waals surface area (Å²) in [6.07, 6.45) is 2.71. The van der Waals surface area contributed by atoms with E-state index in [1.807, 2.05) is 0 Å². The molecule has 1 atom stereocenters. The Hall–Kier alpha value is -2.12. The van der Waals surface area contributed by atoms with Crippen LogP contribution in [-0.4, -0.2) is 45.8 Å². The fourth-order valence-corrected chi connectivity index (χ4v) is 1.44. The number of hydrogen-bond acceptors (Lipinski definition) is 6. The highest BCUT2D eigenvalue weighted by molar-refractivity contribution is 5.81. The Morgan fingerprint density at radius 1 is 1.30 bits per heavy atom. The molecule has 0 spiro atoms. The second-order valence-corrected chi connectivity index (χ2v) is 5.14. The van der Waals surface area contributed by atoms with Gasteiger partial charge in [0.05, 0.1) is 26.0 Å². The quantitative estimate of drug-likeness (QED) is 0.801. The molecule has 1 rings (SSSR count). The number of nitrogens with one attached hydrogen (secondary N) is 1. The fourth-order valence-electron chi connectivity index (χ4n) is 1.44. The standard InChI is InChI=1S/C12H20N4O4/c1-12(2,3)20-11(18)15-9(10(17)19-4)5-8-16-13-6-7-14-16/h6-7,9H,5,8H2,1-4H3,(H,15,18). The molecule has 0 bridgehead atoms. The van der Waals surface area contributed by atoms with Crippen LogP contribution in [0.1, 0.15) is 27.2 Å². The van der Waals surface area contributed by atoms with Crippen molar-refractivity contribution in [2.45, 2.75) is 45.4 Å². The molecule has 1 aromatic rings. The maximum Gasteiger partial charge on any atom is 0.408 e. The zero-order valence-electron chi connectivity index (χ0n) is 12.1. The predicted octanol–water partition coefficient (Wildman–Crippen LogP) is 0.734. The number of nitrogens with zero attached hydrogens (tertiary/aromatic N) is 3. The number of aryl methyl sites for hydroxylation is 1. The minimum atomic E-state index is -0.805. The third-order valence-corrected chi connectivity index (χ3v) is 2.26. The van der Waals surface area contributed by atoms with Crippen molar-refractivity contribution in [3.8, 4) is 0 Å². The molecule has 1 heterocycles. The number of amides is 1. The molecule has 1 aromatic heterocycles. The summed E-state index contributed by atoms with van der Waals surface area (Å²) in [4.78, 5) is 24.7. The van der Waals surface area contributed by atoms with Crippen molar-refractivity contribution in [3.05, 3.63) is 12.4 Å². The van der Waals surface area contributed by atoms with Crippen molar-refractivity contribution in [1.82, 2.24) is 20.3 Å². The molecular weight excluding hydrogens is 264 g/mol. The number of methoxy groups -OCH3 is 1. The van der Waals surface area contributed by atoms with Crippen LogP contribution in [0.5, 0.6) is 0 Å². The summed E-state index contributed by atoms with van der Waals surface area (Å²) >= 11 is 0. The molecule has 1 amide bonds. The highest BCUT2D eigenvalue weighted by Gasteiger charge is 2.24. The summed E-state index contributed by atoms with van der Waals surface area (Å²) in [5.41, 5.74) is -0.631. The number of aromatic nitrogens is 3. The second kappa shape index (κ2) is 6.88. The molecule has 112 valence electrons. The van der Waals surface area contributed by atoms with Gasteiger partial charge in [-0.25, -0.2) is 9.59 Å². The Bertz CT molecular complexity index is 439. The average molecular weight is 284 g/mol. The minimum Gasteiger partial charge on any atom is -0.467 e. The van der Waals surface area contributed by atoms with E-state index in [1.54, 1.807) is 20.8 Å². The maximum absolute atomic E-state index is 11.7. The molecule has 1 N–H and O–H groups in total. The molecule has 8 heteroatoms. The van der Waals surface area contributed by atoms with Crippen LogP contribution in [0.3, 0.4) is 0 Å². The molecule has 0 aliphatic rings. The van der Waals surface area contributed by atoms with Crippen LogP contribution in [0.15, 0.2) is 12.4 Å². The van der Waals surface area contributed by atoms with Gasteiger partial charge in [0.15, 0.2) is 0 Å². The van der Waals surface area contributed by atoms with E-state index in [0.717, 1.165) is 0 Å². The Morgan fingerprint density at radius 3 is 2.40 bits per heavy atom. The Kier molecular flexibility index (Phi) is 5.48. The van der Waals surface area contributed by atoms with Gasteiger partial charge in [-0.15, -0.1) is 0 Å². The van der Waals surface area contributed by atoms with Gasteiger partial charge >= 0.3 is 12.1 Å². The van der Waals surface area contributed by atoms with Crippen LogP contribution in [0.4, 0.5) is 4.79 Å². The highest BCUT2D eigenvalue weighted by atomic mass is 16.6. The lowest BCUT2D eigenvalue weighted by atomic mass is 10.2. The lowest BCUT2D eigenvalue weighted by Gasteiger charge is -2.22. The predicted molar refractivity (Wildman–Crippen MR) is 69.8 cm³/mol. The molecule has 0 aromatic carbocycles. The molecule has 0 radical (unpaired) electrons. The Balaban J connectivity index is 2.56. The van der Waals surface area contributed by atoms with E-state index in [2.05, 4.69) is 20.3 Å². The van der Waals surface area contributed by atoms with Crippen LogP contribution in [-0.2, 0) is 20.8 Å². The first-order valence-electron chi connectivity index (χ1n) is 6.23. The largest absolute Gasteiger partial charge is 0.467 e. The van der Waals surface area contributed by atoms with Crippen molar-refractivity contribution in [2.75, 3.05) is 7.11 Å². The van der Waals surface area contributed by atoms with Crippen molar-refractivity contribution in [1.29, 1.82) is 0 Å². The van der Waals surface area contributed by atoms with E-state index in [9.17, 15) is 9.59 Å². The van der Waals surface area contributed by atoms with Gasteiger partial charge in [0, 0.05) is 0 Å². The molecule has 0 aliphatic heterocycles. The topological polar surface area (TPSA) is 95.3 Å². The third-order valence-electron chi connectivity index (χ3n) is 2.26. The van der Waals surface area contributed by atoms with Crippen molar-refractivity contribution >= 4 is 12.1 Å². The SMILES string of the molecule is COC(=O)C(CCn1nccn1)NC(=O)OC(C)(C)C. The Morgan fingerprint density at radius 2 is 1.90 bits per heavy atom. The first-order valence-corrected chi connectivity index (χ1v) is 6.23. The Labute approximate surface area is 117 Å². The van der Waals surface area contributed by atoms with Gasteiger partial charge in [0.2, 0.25) is 0 Å². The summed E-state index contributed by atoms with van der Waals surface area (Å²) < 4.78 is 9.76. The van der Waals surface area contributed by atoms with Crippen molar-refractivity contribution < 1.29 is 19.1 Å². The number of carbonyl (C=O) groups is 2. The zero-order chi connectivity index (χ0) is 15.2. The molecule has 1 unspecified atom stereocenters. The maximum atomic E-state index is 11.7. The van der Waals surface area contributed by atoms with E-state index in [0.29, 0.717) is 13.0 Å². The molecule has 0 fully saturated rings. The lowest BCUT2D eigenvalue weighted by molar-refractivity contribution is -0.143. The van der Waals surface area contributed by atoms with Gasteiger partial charge < -0.3 is 14.8 Å². The van der Waals surface area contributed by atoms with Crippen LogP contribution < -0.4 is 5.32 Å². The van der Waals surface area contributed by atoms with Gasteiger partial charge in [-0.1, -0.05) is 0 Å². The normalized spacial score (nSPS) is 12.6. The first-order chi connectivity index (χ1) is 9.31. The van der Waals surface area contributed by atoms with Gasteiger partial charge in [-0.2, -0.15) is 15.0 Å². The van der Waals surface area contributed by atoms with E-state index in [4.69, 9.17) is 4.74 Å². The molecule has 0 aliphatic carbocycles. The number of hydrogen-bond donors (Lipinski definition) is 1. The highest BCUT2D eigenvalue weighted by Crippen LogP contribution is 2.07. The lowest BCUT2D eigenvalue weighted by Crippen LogP contribution is -2.44. The number of carbonyl (C=O) groups excluding carboxylic acids is 2. The van der Waals surface area contributed by atoms with Crippen LogP contribution in [0, 0.1) is 0 Å². The molecule has 20 heavy (non-hydrogen) atoms. The number of rotatable bonds is 5. The van der Waals surface area contributed by atoms with Gasteiger partial charge in [0.1, 0.15) is 11.6 Å². The summed E-state index contributed by atoms with van der Waals surface area (Å²) in [5.74, 6) is -0.539. The first kappa shape index (κ1) is 15.9. The van der Waals surface area contributed by atoms with E-state index in [-0.39, 0.29) is 0 Å². The summed E-state index contributed by atoms with van der Waals surface area (Å²) in [5, 5.41) is 10.3. The summed E-state index contributed by atoms with van der Waals surface area (Å²) in [6.45, 7) is 5.61. The van der Waals surface area contributed by atoms with Crippen LogP contribution in [0.25, 0.3) is 0 Å². The van der Waals surface area contributed by atoms with Gasteiger partial charge in [-0.3, -0.25) is 0 Å². The van der Waals surface area contributed by atoms with Crippen LogP contribution in [0.2, 0.25) is 0 Å². The van der Waals surface area contributed by atoms with E-state index in [1.165, 1.54) is 24.3 Å². The molecule has 0 saturated heterocycles. The summed E-state index contributed by atoms with van der Waals surface area (Å²) in [6, 6.07) is -0.805. The monoisotopic (exact) mass is 284 g/mol. The van der Waals surface area contributed by atoms with E-state index < -0.39 is 23.7 Å². The van der Waals surface area contributed by atoms with Crippen LogP contribution >= 0.6 is 0 Å². The van der Waals surface area contributed by atoms with Gasteiger partial charge in [-0.05, 0) is 27.2 Å². The minimum absolute atomic E-state index is 0.306. The van der Waals surface area contributed by atoms with Crippen molar-refractivity contribution in [3.63, 3.8) is 0 Å². The summed E-state index contributed by atoms with van der Waals surface area (Å²) in [7, 11) is 1.26. The average Bonchev–Trinajstić information content (AvgIpc) is 2.84. The number of ether oxygens (including phenoxy) is 2. The zero-order valence-corrected chi connectivity index (χ0v) is 12.1.